The van der Waals surface area contributed by atoms with Crippen LogP contribution in [-0.4, -0.2) is 21.9 Å². The lowest BCUT2D eigenvalue weighted by molar-refractivity contribution is -0.113. The second-order valence-corrected chi connectivity index (χ2v) is 7.75. The molecule has 0 fully saturated rings. The van der Waals surface area contributed by atoms with Crippen LogP contribution >= 0.6 is 34.7 Å². The van der Waals surface area contributed by atoms with Crippen LogP contribution in [-0.2, 0) is 17.0 Å². The number of anilines is 1. The maximum atomic E-state index is 11.9. The number of hydrogen-bond acceptors (Lipinski definition) is 5. The van der Waals surface area contributed by atoms with Crippen LogP contribution in [0.5, 0.6) is 0 Å². The maximum absolute atomic E-state index is 11.9. The van der Waals surface area contributed by atoms with Crippen molar-refractivity contribution in [2.24, 2.45) is 5.92 Å². The number of nitrogens with one attached hydrogen (secondary N) is 1. The van der Waals surface area contributed by atoms with Crippen molar-refractivity contribution in [2.45, 2.75) is 26.0 Å². The van der Waals surface area contributed by atoms with E-state index >= 15 is 0 Å². The molecule has 0 aliphatic rings. The SMILES string of the molecule is CC(C)Cc1nnc(NC(=O)CSCc2cccc(Cl)c2)s1. The quantitative estimate of drug-likeness (QED) is 0.806. The standard InChI is InChI=1S/C15H18ClN3OS2/c1-10(2)6-14-18-19-15(22-14)17-13(20)9-21-8-11-4-3-5-12(16)7-11/h3-5,7,10H,6,8-9H2,1-2H3,(H,17,19,20). The molecule has 0 unspecified atom stereocenters. The summed E-state index contributed by atoms with van der Waals surface area (Å²) in [6.07, 6.45) is 0.886. The summed E-state index contributed by atoms with van der Waals surface area (Å²) in [5.41, 5.74) is 1.11. The molecule has 0 atom stereocenters. The second-order valence-electron chi connectivity index (χ2n) is 5.27. The van der Waals surface area contributed by atoms with Gasteiger partial charge in [0.1, 0.15) is 5.01 Å². The molecule has 0 radical (unpaired) electrons. The normalized spacial score (nSPS) is 10.9. The summed E-state index contributed by atoms with van der Waals surface area (Å²) in [5.74, 6) is 1.61. The minimum atomic E-state index is -0.0562. The first-order valence-electron chi connectivity index (χ1n) is 6.97. The van der Waals surface area contributed by atoms with Crippen molar-refractivity contribution >= 4 is 45.7 Å². The number of nitrogens with zero attached hydrogens (tertiary/aromatic N) is 2. The van der Waals surface area contributed by atoms with Crippen molar-refractivity contribution in [3.05, 3.63) is 39.9 Å². The number of amides is 1. The van der Waals surface area contributed by atoms with Crippen molar-refractivity contribution in [1.82, 2.24) is 10.2 Å². The molecule has 0 saturated heterocycles. The fourth-order valence-electron chi connectivity index (χ4n) is 1.78. The summed E-state index contributed by atoms with van der Waals surface area (Å²) < 4.78 is 0. The predicted octanol–water partition coefficient (Wildman–Crippen LogP) is 4.26. The summed E-state index contributed by atoms with van der Waals surface area (Å²) in [5, 5.41) is 13.1. The number of aromatic nitrogens is 2. The van der Waals surface area contributed by atoms with Gasteiger partial charge in [0.15, 0.2) is 0 Å². The Morgan fingerprint density at radius 3 is 2.95 bits per heavy atom. The molecule has 22 heavy (non-hydrogen) atoms. The van der Waals surface area contributed by atoms with Gasteiger partial charge in [-0.3, -0.25) is 10.1 Å². The summed E-state index contributed by atoms with van der Waals surface area (Å²) >= 11 is 8.92. The lowest BCUT2D eigenvalue weighted by Gasteiger charge is -2.02. The maximum Gasteiger partial charge on any atom is 0.236 e. The number of halogens is 1. The van der Waals surface area contributed by atoms with Crippen LogP contribution in [0.4, 0.5) is 5.13 Å². The highest BCUT2D eigenvalue weighted by atomic mass is 35.5. The number of carbonyl (C=O) groups is 1. The van der Waals surface area contributed by atoms with Crippen LogP contribution in [0.25, 0.3) is 0 Å². The molecule has 1 aromatic carbocycles. The molecular weight excluding hydrogens is 338 g/mol. The van der Waals surface area contributed by atoms with Crippen LogP contribution in [0.2, 0.25) is 5.02 Å². The highest BCUT2D eigenvalue weighted by Crippen LogP contribution is 2.20. The first-order valence-corrected chi connectivity index (χ1v) is 9.32. The third-order valence-electron chi connectivity index (χ3n) is 2.69. The zero-order valence-corrected chi connectivity index (χ0v) is 14.9. The number of rotatable bonds is 7. The van der Waals surface area contributed by atoms with Gasteiger partial charge in [-0.2, -0.15) is 0 Å². The van der Waals surface area contributed by atoms with Crippen LogP contribution < -0.4 is 5.32 Å². The molecule has 2 rings (SSSR count). The van der Waals surface area contributed by atoms with E-state index in [0.717, 1.165) is 22.7 Å². The lowest BCUT2D eigenvalue weighted by Crippen LogP contribution is -2.13. The fourth-order valence-corrected chi connectivity index (χ4v) is 3.74. The molecule has 2 aromatic rings. The molecule has 0 aliphatic carbocycles. The Morgan fingerprint density at radius 2 is 2.23 bits per heavy atom. The molecule has 0 saturated carbocycles. The molecule has 0 aliphatic heterocycles. The van der Waals surface area contributed by atoms with Gasteiger partial charge in [-0.25, -0.2) is 0 Å². The van der Waals surface area contributed by atoms with E-state index in [2.05, 4.69) is 29.4 Å². The third kappa shape index (κ3) is 5.94. The van der Waals surface area contributed by atoms with E-state index in [0.29, 0.717) is 21.8 Å². The van der Waals surface area contributed by atoms with Gasteiger partial charge in [0.25, 0.3) is 0 Å². The van der Waals surface area contributed by atoms with E-state index < -0.39 is 0 Å². The molecule has 0 spiro atoms. The largest absolute Gasteiger partial charge is 0.300 e. The van der Waals surface area contributed by atoms with Gasteiger partial charge in [0.05, 0.1) is 5.75 Å². The topological polar surface area (TPSA) is 54.9 Å². The van der Waals surface area contributed by atoms with E-state index in [-0.39, 0.29) is 5.91 Å². The zero-order chi connectivity index (χ0) is 15.9. The minimum absolute atomic E-state index is 0.0562. The van der Waals surface area contributed by atoms with Gasteiger partial charge < -0.3 is 0 Å². The van der Waals surface area contributed by atoms with E-state index in [1.807, 2.05) is 24.3 Å². The average molecular weight is 356 g/mol. The van der Waals surface area contributed by atoms with E-state index in [9.17, 15) is 4.79 Å². The summed E-state index contributed by atoms with van der Waals surface area (Å²) in [7, 11) is 0. The summed E-state index contributed by atoms with van der Waals surface area (Å²) in [4.78, 5) is 11.9. The molecule has 1 amide bonds. The van der Waals surface area contributed by atoms with E-state index in [1.165, 1.54) is 11.3 Å². The Hall–Kier alpha value is -1.11. The van der Waals surface area contributed by atoms with Crippen LogP contribution in [0.3, 0.4) is 0 Å². The van der Waals surface area contributed by atoms with Gasteiger partial charge in [-0.1, -0.05) is 48.9 Å². The van der Waals surface area contributed by atoms with Crippen LogP contribution in [0.1, 0.15) is 24.4 Å². The Morgan fingerprint density at radius 1 is 1.41 bits per heavy atom. The molecule has 4 nitrogen and oxygen atoms in total. The third-order valence-corrected chi connectivity index (χ3v) is 4.79. The van der Waals surface area contributed by atoms with Crippen molar-refractivity contribution in [2.75, 3.05) is 11.1 Å². The van der Waals surface area contributed by atoms with E-state index in [4.69, 9.17) is 11.6 Å². The van der Waals surface area contributed by atoms with Crippen molar-refractivity contribution in [3.8, 4) is 0 Å². The van der Waals surface area contributed by atoms with Gasteiger partial charge in [-0.05, 0) is 23.6 Å². The van der Waals surface area contributed by atoms with Gasteiger partial charge in [-0.15, -0.1) is 22.0 Å². The smallest absolute Gasteiger partial charge is 0.236 e. The first-order chi connectivity index (χ1) is 10.5. The number of hydrogen-bond donors (Lipinski definition) is 1. The summed E-state index contributed by atoms with van der Waals surface area (Å²) in [6.45, 7) is 4.26. The molecule has 118 valence electrons. The molecule has 1 aromatic heterocycles. The van der Waals surface area contributed by atoms with Gasteiger partial charge >= 0.3 is 0 Å². The first kappa shape index (κ1) is 17.2. The average Bonchev–Trinajstić information content (AvgIpc) is 2.85. The van der Waals surface area contributed by atoms with Gasteiger partial charge in [0.2, 0.25) is 11.0 Å². The zero-order valence-electron chi connectivity index (χ0n) is 12.5. The molecule has 7 heteroatoms. The Labute approximate surface area is 143 Å². The van der Waals surface area contributed by atoms with Crippen molar-refractivity contribution in [3.63, 3.8) is 0 Å². The lowest BCUT2D eigenvalue weighted by atomic mass is 10.1. The monoisotopic (exact) mass is 355 g/mol. The Bertz CT molecular complexity index is 631. The Balaban J connectivity index is 1.74. The second kappa shape index (κ2) is 8.50. The number of benzene rings is 1. The summed E-state index contributed by atoms with van der Waals surface area (Å²) in [6, 6.07) is 7.66. The van der Waals surface area contributed by atoms with Crippen LogP contribution in [0.15, 0.2) is 24.3 Å². The minimum Gasteiger partial charge on any atom is -0.300 e. The van der Waals surface area contributed by atoms with Crippen molar-refractivity contribution in [1.29, 1.82) is 0 Å². The van der Waals surface area contributed by atoms with Gasteiger partial charge in [0, 0.05) is 17.2 Å². The molecular formula is C15H18ClN3OS2. The van der Waals surface area contributed by atoms with Crippen molar-refractivity contribution < 1.29 is 4.79 Å². The molecule has 1 heterocycles. The Kier molecular flexibility index (Phi) is 6.67. The molecule has 0 bridgehead atoms. The highest BCUT2D eigenvalue weighted by Gasteiger charge is 2.09. The number of thioether (sulfide) groups is 1. The fraction of sp³-hybridized carbons (Fsp3) is 0.400. The number of carbonyl (C=O) groups excluding carboxylic acids is 1. The predicted molar refractivity (Wildman–Crippen MR) is 94.7 cm³/mol. The molecule has 1 N–H and O–H groups in total. The highest BCUT2D eigenvalue weighted by molar-refractivity contribution is 7.99. The van der Waals surface area contributed by atoms with Crippen LogP contribution in [0, 0.1) is 5.92 Å². The van der Waals surface area contributed by atoms with E-state index in [1.54, 1.807) is 11.8 Å².